The van der Waals surface area contributed by atoms with Gasteiger partial charge in [-0.2, -0.15) is 0 Å². The number of hydrogen-bond donors (Lipinski definition) is 1. The summed E-state index contributed by atoms with van der Waals surface area (Å²) >= 11 is 19.9. The Morgan fingerprint density at radius 2 is 1.71 bits per heavy atom. The third kappa shape index (κ3) is 3.16. The molecule has 0 bridgehead atoms. The molecule has 1 nitrogen and oxygen atoms in total. The van der Waals surface area contributed by atoms with E-state index in [0.717, 1.165) is 17.1 Å². The van der Waals surface area contributed by atoms with Crippen molar-refractivity contribution in [3.05, 3.63) is 39.0 Å². The molecule has 1 atom stereocenters. The normalized spacial score (nSPS) is 13.0. The molecule has 0 radical (unpaired) electrons. The Morgan fingerprint density at radius 3 is 2.12 bits per heavy atom. The van der Waals surface area contributed by atoms with E-state index < -0.39 is 0 Å². The van der Waals surface area contributed by atoms with Crippen LogP contribution in [0.3, 0.4) is 0 Å². The van der Waals surface area contributed by atoms with E-state index in [9.17, 15) is 0 Å². The zero-order chi connectivity index (χ0) is 12.6. The van der Waals surface area contributed by atoms with Crippen LogP contribution >= 0.6 is 82.1 Å². The zero-order valence-corrected chi connectivity index (χ0v) is 15.7. The van der Waals surface area contributed by atoms with E-state index in [1.54, 1.807) is 22.7 Å². The van der Waals surface area contributed by atoms with Crippen molar-refractivity contribution in [3.63, 3.8) is 0 Å². The Labute approximate surface area is 138 Å². The van der Waals surface area contributed by atoms with Gasteiger partial charge in [0.15, 0.2) is 0 Å². The van der Waals surface area contributed by atoms with E-state index in [0.29, 0.717) is 0 Å². The molecule has 0 aliphatic rings. The number of rotatable bonds is 3. The van der Waals surface area contributed by atoms with Gasteiger partial charge in [-0.15, -0.1) is 22.7 Å². The van der Waals surface area contributed by atoms with E-state index in [4.69, 9.17) is 11.6 Å². The third-order valence-corrected chi connectivity index (χ3v) is 8.05. The Bertz CT molecular complexity index is 452. The molecule has 1 unspecified atom stereocenters. The van der Waals surface area contributed by atoms with Crippen molar-refractivity contribution < 1.29 is 0 Å². The quantitative estimate of drug-likeness (QED) is 0.563. The first-order chi connectivity index (χ1) is 8.02. The van der Waals surface area contributed by atoms with Gasteiger partial charge in [0, 0.05) is 14.2 Å². The summed E-state index contributed by atoms with van der Waals surface area (Å²) in [6.45, 7) is 0. The maximum absolute atomic E-state index is 6.08. The number of nitrogens with one attached hydrogen (secondary N) is 1. The maximum atomic E-state index is 6.08. The molecule has 17 heavy (non-hydrogen) atoms. The Hall–Kier alpha value is 1.09. The summed E-state index contributed by atoms with van der Waals surface area (Å²) in [6, 6.07) is 4.30. The maximum Gasteiger partial charge on any atom is 0.0888 e. The van der Waals surface area contributed by atoms with E-state index in [1.165, 1.54) is 9.75 Å². The topological polar surface area (TPSA) is 12.0 Å². The van der Waals surface area contributed by atoms with Gasteiger partial charge in [-0.05, 0) is 67.0 Å². The van der Waals surface area contributed by atoms with Crippen LogP contribution in [0.5, 0.6) is 0 Å². The van der Waals surface area contributed by atoms with Crippen molar-refractivity contribution in [3.8, 4) is 0 Å². The minimum absolute atomic E-state index is 0.177. The van der Waals surface area contributed by atoms with Gasteiger partial charge in [-0.3, -0.25) is 0 Å². The van der Waals surface area contributed by atoms with Gasteiger partial charge in [0.2, 0.25) is 0 Å². The Morgan fingerprint density at radius 1 is 1.12 bits per heavy atom. The molecular formula is C10H7Br3ClNS2. The predicted molar refractivity (Wildman–Crippen MR) is 87.7 cm³/mol. The summed E-state index contributed by atoms with van der Waals surface area (Å²) < 4.78 is 3.16. The molecule has 0 spiro atoms. The van der Waals surface area contributed by atoms with E-state index in [-0.39, 0.29) is 6.04 Å². The lowest BCUT2D eigenvalue weighted by molar-refractivity contribution is 0.716. The fourth-order valence-corrected chi connectivity index (χ4v) is 5.61. The highest BCUT2D eigenvalue weighted by molar-refractivity contribution is 9.13. The zero-order valence-electron chi connectivity index (χ0n) is 8.56. The molecule has 0 amide bonds. The van der Waals surface area contributed by atoms with Crippen LogP contribution < -0.4 is 5.32 Å². The molecular weight excluding hydrogens is 473 g/mol. The van der Waals surface area contributed by atoms with Gasteiger partial charge in [0.25, 0.3) is 0 Å². The molecule has 92 valence electrons. The molecule has 2 rings (SSSR count). The van der Waals surface area contributed by atoms with Crippen LogP contribution in [0.2, 0.25) is 5.02 Å². The van der Waals surface area contributed by atoms with Crippen LogP contribution in [0.4, 0.5) is 0 Å². The first-order valence-electron chi connectivity index (χ1n) is 4.59. The molecule has 0 saturated heterocycles. The third-order valence-electron chi connectivity index (χ3n) is 2.19. The van der Waals surface area contributed by atoms with Crippen molar-refractivity contribution in [1.82, 2.24) is 5.32 Å². The minimum atomic E-state index is 0.177. The fraction of sp³-hybridized carbons (Fsp3) is 0.200. The predicted octanol–water partition coefficient (Wildman–Crippen LogP) is 6.06. The van der Waals surface area contributed by atoms with E-state index in [2.05, 4.69) is 59.2 Å². The second kappa shape index (κ2) is 6.03. The van der Waals surface area contributed by atoms with Gasteiger partial charge in [0.1, 0.15) is 0 Å². The summed E-state index contributed by atoms with van der Waals surface area (Å²) in [5.41, 5.74) is 0. The monoisotopic (exact) mass is 477 g/mol. The largest absolute Gasteiger partial charge is 0.308 e. The summed E-state index contributed by atoms with van der Waals surface area (Å²) in [4.78, 5) is 2.45. The van der Waals surface area contributed by atoms with E-state index in [1.807, 2.05) is 13.1 Å². The molecule has 0 fully saturated rings. The molecule has 0 aromatic carbocycles. The molecule has 7 heteroatoms. The molecule has 1 N–H and O–H groups in total. The van der Waals surface area contributed by atoms with Crippen molar-refractivity contribution in [2.24, 2.45) is 0 Å². The first kappa shape index (κ1) is 14.5. The van der Waals surface area contributed by atoms with Crippen LogP contribution in [0.15, 0.2) is 24.2 Å². The van der Waals surface area contributed by atoms with Crippen LogP contribution in [0.25, 0.3) is 0 Å². The number of halogens is 4. The van der Waals surface area contributed by atoms with Crippen molar-refractivity contribution in [2.75, 3.05) is 7.05 Å². The van der Waals surface area contributed by atoms with Gasteiger partial charge in [-0.1, -0.05) is 11.6 Å². The van der Waals surface area contributed by atoms with Gasteiger partial charge in [-0.25, -0.2) is 0 Å². The summed E-state index contributed by atoms with van der Waals surface area (Å²) in [7, 11) is 1.95. The minimum Gasteiger partial charge on any atom is -0.308 e. The van der Waals surface area contributed by atoms with Crippen LogP contribution in [0.1, 0.15) is 15.8 Å². The van der Waals surface area contributed by atoms with E-state index >= 15 is 0 Å². The standard InChI is InChI=1S/C10H7Br3ClNS2/c1-15-8(6-2-4(11)9(12)16-6)7-3-5(14)10(13)17-7/h2-3,8,15H,1H3. The molecule has 2 aromatic rings. The smallest absolute Gasteiger partial charge is 0.0888 e. The van der Waals surface area contributed by atoms with Crippen molar-refractivity contribution >= 4 is 82.1 Å². The van der Waals surface area contributed by atoms with Crippen LogP contribution in [0, 0.1) is 0 Å². The second-order valence-electron chi connectivity index (χ2n) is 3.26. The number of thiophene rings is 2. The highest BCUT2D eigenvalue weighted by atomic mass is 79.9. The van der Waals surface area contributed by atoms with Gasteiger partial charge < -0.3 is 5.32 Å². The highest BCUT2D eigenvalue weighted by Crippen LogP contribution is 2.41. The average Bonchev–Trinajstić information content (AvgIpc) is 2.75. The molecule has 2 heterocycles. The summed E-state index contributed by atoms with van der Waals surface area (Å²) in [5.74, 6) is 0. The molecule has 0 aliphatic heterocycles. The first-order valence-corrected chi connectivity index (χ1v) is 8.98. The molecule has 2 aromatic heterocycles. The lowest BCUT2D eigenvalue weighted by Gasteiger charge is -2.11. The Kier molecular flexibility index (Phi) is 5.14. The number of hydrogen-bond acceptors (Lipinski definition) is 3. The molecule has 0 aliphatic carbocycles. The highest BCUT2D eigenvalue weighted by Gasteiger charge is 2.19. The Balaban J connectivity index is 2.39. The second-order valence-corrected chi connectivity index (χ2v) is 9.33. The fourth-order valence-electron chi connectivity index (χ4n) is 1.44. The summed E-state index contributed by atoms with van der Waals surface area (Å²) in [5, 5.41) is 4.08. The summed E-state index contributed by atoms with van der Waals surface area (Å²) in [6.07, 6.45) is 0. The molecule has 0 saturated carbocycles. The average molecular weight is 480 g/mol. The van der Waals surface area contributed by atoms with Gasteiger partial charge >= 0.3 is 0 Å². The van der Waals surface area contributed by atoms with Crippen LogP contribution in [-0.2, 0) is 0 Å². The van der Waals surface area contributed by atoms with Crippen molar-refractivity contribution in [2.45, 2.75) is 6.04 Å². The SMILES string of the molecule is CNC(c1cc(Cl)c(Br)s1)c1cc(Br)c(Br)s1. The van der Waals surface area contributed by atoms with Crippen molar-refractivity contribution in [1.29, 1.82) is 0 Å². The van der Waals surface area contributed by atoms with Crippen LogP contribution in [-0.4, -0.2) is 7.05 Å². The lowest BCUT2D eigenvalue weighted by Crippen LogP contribution is -2.14. The van der Waals surface area contributed by atoms with Gasteiger partial charge in [0.05, 0.1) is 18.6 Å². The lowest BCUT2D eigenvalue weighted by atomic mass is 10.2.